The monoisotopic (exact) mass is 376 g/mol. The van der Waals surface area contributed by atoms with Crippen molar-refractivity contribution in [3.63, 3.8) is 0 Å². The first-order chi connectivity index (χ1) is 12.0. The van der Waals surface area contributed by atoms with Crippen molar-refractivity contribution < 1.29 is 9.21 Å². The van der Waals surface area contributed by atoms with Gasteiger partial charge in [-0.25, -0.2) is 0 Å². The van der Waals surface area contributed by atoms with E-state index in [2.05, 4.69) is 49.1 Å². The van der Waals surface area contributed by atoms with Crippen molar-refractivity contribution in [2.75, 3.05) is 19.6 Å². The zero-order valence-corrected chi connectivity index (χ0v) is 16.7. The minimum absolute atomic E-state index is 0. The van der Waals surface area contributed by atoms with Crippen molar-refractivity contribution in [3.8, 4) is 0 Å². The molecule has 2 atom stereocenters. The molecule has 2 heterocycles. The molecule has 1 amide bonds. The molecule has 1 saturated heterocycles. The van der Waals surface area contributed by atoms with Crippen LogP contribution in [0.4, 0.5) is 0 Å². The van der Waals surface area contributed by atoms with Gasteiger partial charge in [0.1, 0.15) is 12.0 Å². The van der Waals surface area contributed by atoms with Gasteiger partial charge in [0, 0.05) is 25.2 Å². The van der Waals surface area contributed by atoms with Gasteiger partial charge in [-0.2, -0.15) is 0 Å². The normalized spacial score (nSPS) is 20.7. The van der Waals surface area contributed by atoms with Crippen molar-refractivity contribution in [1.82, 2.24) is 9.80 Å². The summed E-state index contributed by atoms with van der Waals surface area (Å²) >= 11 is 0. The van der Waals surface area contributed by atoms with E-state index in [1.165, 1.54) is 5.56 Å². The van der Waals surface area contributed by atoms with Crippen molar-refractivity contribution in [2.24, 2.45) is 0 Å². The predicted molar refractivity (Wildman–Crippen MR) is 107 cm³/mol. The van der Waals surface area contributed by atoms with E-state index < -0.39 is 0 Å². The predicted octanol–water partition coefficient (Wildman–Crippen LogP) is 4.18. The van der Waals surface area contributed by atoms with Gasteiger partial charge in [-0.15, -0.1) is 12.4 Å². The highest BCUT2D eigenvalue weighted by molar-refractivity contribution is 5.94. The standard InChI is InChI=1S/C21H28N2O2.ClH/c1-16-14-23(21(24)20-12-18(3)25-15-20)17(2)13-22(16)11-7-10-19-8-5-4-6-9-19;/h4-6,8-9,12,15-17H,7,10-11,13-14H2,1-3H3;1H/t16-,17+;/m1./s1. The van der Waals surface area contributed by atoms with Crippen LogP contribution in [0.25, 0.3) is 0 Å². The van der Waals surface area contributed by atoms with Crippen molar-refractivity contribution in [2.45, 2.75) is 45.7 Å². The van der Waals surface area contributed by atoms with Gasteiger partial charge in [0.25, 0.3) is 5.91 Å². The number of benzene rings is 1. The van der Waals surface area contributed by atoms with E-state index >= 15 is 0 Å². The van der Waals surface area contributed by atoms with Crippen LogP contribution in [0.5, 0.6) is 0 Å². The number of carbonyl (C=O) groups excluding carboxylic acids is 1. The maximum atomic E-state index is 12.7. The average Bonchev–Trinajstić information content (AvgIpc) is 3.04. The Morgan fingerprint density at radius 3 is 2.54 bits per heavy atom. The Labute approximate surface area is 162 Å². The van der Waals surface area contributed by atoms with E-state index in [1.54, 1.807) is 6.26 Å². The molecule has 1 fully saturated rings. The SMILES string of the molecule is Cc1cc(C(=O)N2C[C@@H](C)N(CCCc3ccccc3)C[C@@H]2C)co1.Cl. The smallest absolute Gasteiger partial charge is 0.257 e. The molecule has 1 aromatic heterocycles. The first-order valence-electron chi connectivity index (χ1n) is 9.18. The number of amides is 1. The number of hydrogen-bond donors (Lipinski definition) is 0. The van der Waals surface area contributed by atoms with Gasteiger partial charge in [0.05, 0.1) is 5.56 Å². The zero-order chi connectivity index (χ0) is 17.8. The fourth-order valence-corrected chi connectivity index (χ4v) is 3.65. The van der Waals surface area contributed by atoms with Crippen molar-refractivity contribution >= 4 is 18.3 Å². The summed E-state index contributed by atoms with van der Waals surface area (Å²) in [5.74, 6) is 0.865. The molecule has 2 aromatic rings. The Morgan fingerprint density at radius 1 is 1.15 bits per heavy atom. The van der Waals surface area contributed by atoms with Crippen LogP contribution in [0.2, 0.25) is 0 Å². The van der Waals surface area contributed by atoms with Gasteiger partial charge in [-0.3, -0.25) is 9.69 Å². The number of rotatable bonds is 5. The van der Waals surface area contributed by atoms with Crippen LogP contribution in [-0.2, 0) is 6.42 Å². The van der Waals surface area contributed by atoms with Gasteiger partial charge in [-0.05, 0) is 51.8 Å². The number of carbonyl (C=O) groups is 1. The third kappa shape index (κ3) is 4.89. The molecule has 1 aliphatic rings. The number of halogens is 1. The van der Waals surface area contributed by atoms with Gasteiger partial charge in [-0.1, -0.05) is 30.3 Å². The van der Waals surface area contributed by atoms with Crippen LogP contribution in [-0.4, -0.2) is 47.4 Å². The fourth-order valence-electron chi connectivity index (χ4n) is 3.65. The highest BCUT2D eigenvalue weighted by atomic mass is 35.5. The molecule has 0 spiro atoms. The third-order valence-corrected chi connectivity index (χ3v) is 5.11. The Balaban J connectivity index is 0.00000243. The van der Waals surface area contributed by atoms with Crippen LogP contribution >= 0.6 is 12.4 Å². The molecule has 1 aromatic carbocycles. The minimum atomic E-state index is 0. The molecule has 0 aliphatic carbocycles. The lowest BCUT2D eigenvalue weighted by molar-refractivity contribution is 0.0314. The first kappa shape index (κ1) is 20.5. The third-order valence-electron chi connectivity index (χ3n) is 5.11. The Hall–Kier alpha value is -1.78. The minimum Gasteiger partial charge on any atom is -0.469 e. The summed E-state index contributed by atoms with van der Waals surface area (Å²) in [5.41, 5.74) is 2.06. The molecule has 0 bridgehead atoms. The molecular weight excluding hydrogens is 348 g/mol. The van der Waals surface area contributed by atoms with E-state index in [9.17, 15) is 4.79 Å². The Kier molecular flexibility index (Phi) is 7.30. The van der Waals surface area contributed by atoms with Crippen LogP contribution in [0, 0.1) is 6.92 Å². The second kappa shape index (κ2) is 9.24. The van der Waals surface area contributed by atoms with Gasteiger partial charge < -0.3 is 9.32 Å². The first-order valence-corrected chi connectivity index (χ1v) is 9.18. The quantitative estimate of drug-likeness (QED) is 0.785. The van der Waals surface area contributed by atoms with E-state index in [1.807, 2.05) is 17.9 Å². The Bertz CT molecular complexity index is 701. The van der Waals surface area contributed by atoms with Gasteiger partial charge in [0.2, 0.25) is 0 Å². The Morgan fingerprint density at radius 2 is 1.88 bits per heavy atom. The van der Waals surface area contributed by atoms with Crippen molar-refractivity contribution in [3.05, 3.63) is 59.5 Å². The second-order valence-corrected chi connectivity index (χ2v) is 7.19. The summed E-state index contributed by atoms with van der Waals surface area (Å²) in [6.07, 6.45) is 3.83. The second-order valence-electron chi connectivity index (χ2n) is 7.19. The molecule has 5 heteroatoms. The van der Waals surface area contributed by atoms with E-state index in [-0.39, 0.29) is 24.4 Å². The number of furan rings is 1. The lowest BCUT2D eigenvalue weighted by atomic mass is 10.1. The van der Waals surface area contributed by atoms with Gasteiger partial charge in [0.15, 0.2) is 0 Å². The molecule has 0 radical (unpaired) electrons. The number of hydrogen-bond acceptors (Lipinski definition) is 3. The lowest BCUT2D eigenvalue weighted by Crippen LogP contribution is -2.58. The number of aryl methyl sites for hydroxylation is 2. The molecule has 142 valence electrons. The molecule has 0 unspecified atom stereocenters. The molecule has 4 nitrogen and oxygen atoms in total. The molecule has 1 aliphatic heterocycles. The molecule has 0 saturated carbocycles. The van der Waals surface area contributed by atoms with Crippen LogP contribution in [0.15, 0.2) is 47.1 Å². The topological polar surface area (TPSA) is 36.7 Å². The maximum absolute atomic E-state index is 12.7. The van der Waals surface area contributed by atoms with Gasteiger partial charge >= 0.3 is 0 Å². The van der Waals surface area contributed by atoms with E-state index in [0.29, 0.717) is 11.6 Å². The number of nitrogens with zero attached hydrogens (tertiary/aromatic N) is 2. The van der Waals surface area contributed by atoms with Crippen LogP contribution in [0.1, 0.15) is 41.9 Å². The largest absolute Gasteiger partial charge is 0.469 e. The highest BCUT2D eigenvalue weighted by Crippen LogP contribution is 2.20. The molecular formula is C21H29ClN2O2. The summed E-state index contributed by atoms with van der Waals surface area (Å²) in [6, 6.07) is 13.1. The summed E-state index contributed by atoms with van der Waals surface area (Å²) in [4.78, 5) is 17.2. The van der Waals surface area contributed by atoms with E-state index in [0.717, 1.165) is 38.2 Å². The summed E-state index contributed by atoms with van der Waals surface area (Å²) in [5, 5.41) is 0. The summed E-state index contributed by atoms with van der Waals surface area (Å²) < 4.78 is 5.30. The fraction of sp³-hybridized carbons (Fsp3) is 0.476. The number of piperazine rings is 1. The highest BCUT2D eigenvalue weighted by Gasteiger charge is 2.32. The van der Waals surface area contributed by atoms with Crippen molar-refractivity contribution in [1.29, 1.82) is 0 Å². The maximum Gasteiger partial charge on any atom is 0.257 e. The molecule has 0 N–H and O–H groups in total. The zero-order valence-electron chi connectivity index (χ0n) is 15.9. The van der Waals surface area contributed by atoms with Crippen LogP contribution < -0.4 is 0 Å². The van der Waals surface area contributed by atoms with E-state index in [4.69, 9.17) is 4.42 Å². The average molecular weight is 377 g/mol. The lowest BCUT2D eigenvalue weighted by Gasteiger charge is -2.44. The summed E-state index contributed by atoms with van der Waals surface area (Å²) in [6.45, 7) is 9.01. The summed E-state index contributed by atoms with van der Waals surface area (Å²) in [7, 11) is 0. The van der Waals surface area contributed by atoms with Crippen LogP contribution in [0.3, 0.4) is 0 Å². The molecule has 3 rings (SSSR count). The molecule has 26 heavy (non-hydrogen) atoms.